The molecule has 3 aromatic carbocycles. The summed E-state index contributed by atoms with van der Waals surface area (Å²) >= 11 is 7.77. The maximum absolute atomic E-state index is 14.1. The zero-order chi connectivity index (χ0) is 30.8. The molecular weight excluding hydrogens is 600 g/mol. The van der Waals surface area contributed by atoms with Gasteiger partial charge in [-0.25, -0.2) is 4.68 Å². The summed E-state index contributed by atoms with van der Waals surface area (Å²) in [5, 5.41) is 5.38. The third-order valence-electron chi connectivity index (χ3n) is 7.86. The first kappa shape index (κ1) is 30.1. The van der Waals surface area contributed by atoms with Crippen molar-refractivity contribution in [1.82, 2.24) is 14.7 Å². The van der Waals surface area contributed by atoms with Crippen LogP contribution < -0.4 is 14.4 Å². The minimum Gasteiger partial charge on any atom is -0.497 e. The van der Waals surface area contributed by atoms with Crippen LogP contribution >= 0.6 is 23.4 Å². The highest BCUT2D eigenvalue weighted by Gasteiger charge is 2.39. The molecule has 1 saturated heterocycles. The third-order valence-corrected chi connectivity index (χ3v) is 9.35. The smallest absolute Gasteiger partial charge is 0.242 e. The molecule has 4 aromatic rings. The van der Waals surface area contributed by atoms with Crippen LogP contribution in [0.1, 0.15) is 21.9 Å². The summed E-state index contributed by atoms with van der Waals surface area (Å²) in [6.45, 7) is 3.82. The Kier molecular flexibility index (Phi) is 8.83. The van der Waals surface area contributed by atoms with Gasteiger partial charge in [-0.05, 0) is 49.4 Å². The lowest BCUT2D eigenvalue weighted by molar-refractivity contribution is -0.134. The van der Waals surface area contributed by atoms with Gasteiger partial charge in [0.1, 0.15) is 23.9 Å². The molecule has 0 bridgehead atoms. The summed E-state index contributed by atoms with van der Waals surface area (Å²) in [6.07, 6.45) is 0. The standard InChI is InChI=1S/C33H33ClN4O5S/c1-21-4-10-24(11-5-21)38-33-30(31(35-38)22-6-8-23(34)9-7-22)32(26-18-25(41-2)12-13-27(26)42-3)44-20-29(40)37(33)19-28(39)36-14-16-43-17-15-36/h4-13,18,32H,14-17,19-20H2,1-3H3/t32-/m1/s1. The Bertz CT molecular complexity index is 1670. The summed E-state index contributed by atoms with van der Waals surface area (Å²) in [5.74, 6) is 1.69. The highest BCUT2D eigenvalue weighted by atomic mass is 35.5. The number of fused-ring (bicyclic) bond motifs is 1. The van der Waals surface area contributed by atoms with Crippen molar-refractivity contribution in [1.29, 1.82) is 0 Å². The average Bonchev–Trinajstić information content (AvgIpc) is 3.37. The van der Waals surface area contributed by atoms with Crippen LogP contribution in [0, 0.1) is 6.92 Å². The van der Waals surface area contributed by atoms with Crippen molar-refractivity contribution in [3.05, 3.63) is 88.4 Å². The van der Waals surface area contributed by atoms with Crippen molar-refractivity contribution in [2.24, 2.45) is 0 Å². The Balaban J connectivity index is 1.62. The molecule has 1 fully saturated rings. The fraction of sp³-hybridized carbons (Fsp3) is 0.303. The van der Waals surface area contributed by atoms with Crippen LogP contribution in [0.5, 0.6) is 11.5 Å². The molecule has 1 atom stereocenters. The molecule has 1 aromatic heterocycles. The summed E-state index contributed by atoms with van der Waals surface area (Å²) in [6, 6.07) is 21.1. The lowest BCUT2D eigenvalue weighted by Crippen LogP contribution is -2.48. The summed E-state index contributed by atoms with van der Waals surface area (Å²) < 4.78 is 18.7. The topological polar surface area (TPSA) is 86.1 Å². The number of methoxy groups -OCH3 is 2. The van der Waals surface area contributed by atoms with Gasteiger partial charge < -0.3 is 19.1 Å². The highest BCUT2D eigenvalue weighted by Crippen LogP contribution is 2.51. The van der Waals surface area contributed by atoms with E-state index in [2.05, 4.69) is 0 Å². The first-order chi connectivity index (χ1) is 21.4. The van der Waals surface area contributed by atoms with E-state index in [1.807, 2.05) is 73.7 Å². The molecule has 3 heterocycles. The Hall–Kier alpha value is -3.99. The van der Waals surface area contributed by atoms with E-state index in [9.17, 15) is 9.59 Å². The number of aromatic nitrogens is 2. The fourth-order valence-electron chi connectivity index (χ4n) is 5.54. The first-order valence-electron chi connectivity index (χ1n) is 14.3. The molecule has 0 N–H and O–H groups in total. The summed E-state index contributed by atoms with van der Waals surface area (Å²) in [4.78, 5) is 31.1. The van der Waals surface area contributed by atoms with Crippen LogP contribution in [0.4, 0.5) is 5.82 Å². The van der Waals surface area contributed by atoms with Crippen molar-refractivity contribution in [3.63, 3.8) is 0 Å². The maximum Gasteiger partial charge on any atom is 0.242 e. The van der Waals surface area contributed by atoms with Crippen molar-refractivity contribution in [2.75, 3.05) is 57.7 Å². The van der Waals surface area contributed by atoms with Gasteiger partial charge in [-0.1, -0.05) is 41.4 Å². The minimum absolute atomic E-state index is 0.119. The monoisotopic (exact) mass is 632 g/mol. The molecule has 0 spiro atoms. The van der Waals surface area contributed by atoms with E-state index >= 15 is 0 Å². The maximum atomic E-state index is 14.1. The van der Waals surface area contributed by atoms with Crippen molar-refractivity contribution in [2.45, 2.75) is 12.2 Å². The summed E-state index contributed by atoms with van der Waals surface area (Å²) in [7, 11) is 3.25. The second-order valence-corrected chi connectivity index (χ2v) is 12.1. The molecule has 0 saturated carbocycles. The quantitative estimate of drug-likeness (QED) is 0.264. The van der Waals surface area contributed by atoms with Gasteiger partial charge >= 0.3 is 0 Å². The SMILES string of the molecule is COc1ccc(OC)c([C@H]2SCC(=O)N(CC(=O)N3CCOCC3)c3c2c(-c2ccc(Cl)cc2)nn3-c2ccc(C)cc2)c1. The van der Waals surface area contributed by atoms with Gasteiger partial charge in [-0.2, -0.15) is 5.10 Å². The number of benzene rings is 3. The molecule has 0 unspecified atom stereocenters. The normalized spacial score (nSPS) is 16.8. The highest BCUT2D eigenvalue weighted by molar-refractivity contribution is 8.00. The molecule has 44 heavy (non-hydrogen) atoms. The van der Waals surface area contributed by atoms with Crippen molar-refractivity contribution < 1.29 is 23.8 Å². The molecule has 2 aliphatic rings. The predicted octanol–water partition coefficient (Wildman–Crippen LogP) is 5.55. The van der Waals surface area contributed by atoms with E-state index < -0.39 is 0 Å². The lowest BCUT2D eigenvalue weighted by Gasteiger charge is -2.30. The molecule has 11 heteroatoms. The lowest BCUT2D eigenvalue weighted by atomic mass is 9.98. The van der Waals surface area contributed by atoms with Crippen molar-refractivity contribution in [3.8, 4) is 28.4 Å². The Morgan fingerprint density at radius 3 is 2.43 bits per heavy atom. The van der Waals surface area contributed by atoms with E-state index in [0.29, 0.717) is 54.3 Å². The number of aryl methyl sites for hydroxylation is 1. The number of amides is 2. The van der Waals surface area contributed by atoms with Crippen LogP contribution in [-0.4, -0.2) is 79.3 Å². The minimum atomic E-state index is -0.382. The van der Waals surface area contributed by atoms with Crippen LogP contribution in [0.2, 0.25) is 5.02 Å². The molecule has 9 nitrogen and oxygen atoms in total. The number of carbonyl (C=O) groups is 2. The molecule has 228 valence electrons. The van der Waals surface area contributed by atoms with Gasteiger partial charge in [-0.3, -0.25) is 14.5 Å². The molecule has 6 rings (SSSR count). The van der Waals surface area contributed by atoms with Crippen LogP contribution in [0.25, 0.3) is 16.9 Å². The number of ether oxygens (including phenoxy) is 3. The van der Waals surface area contributed by atoms with Gasteiger partial charge in [0.2, 0.25) is 11.8 Å². The number of carbonyl (C=O) groups excluding carboxylic acids is 2. The molecule has 2 amide bonds. The van der Waals surface area contributed by atoms with E-state index in [-0.39, 0.29) is 29.4 Å². The zero-order valence-electron chi connectivity index (χ0n) is 24.8. The number of hydrogen-bond donors (Lipinski definition) is 0. The Morgan fingerprint density at radius 2 is 1.75 bits per heavy atom. The van der Waals surface area contributed by atoms with Gasteiger partial charge in [0.05, 0.1) is 49.8 Å². The number of thioether (sulfide) groups is 1. The predicted molar refractivity (Wildman–Crippen MR) is 172 cm³/mol. The number of halogens is 1. The van der Waals surface area contributed by atoms with Gasteiger partial charge in [0.15, 0.2) is 0 Å². The third kappa shape index (κ3) is 5.89. The molecule has 2 aliphatic heterocycles. The number of nitrogens with zero attached hydrogens (tertiary/aromatic N) is 4. The molecule has 0 radical (unpaired) electrons. The fourth-order valence-corrected chi connectivity index (χ4v) is 6.88. The molecule has 0 aliphatic carbocycles. The number of rotatable bonds is 7. The molecular formula is C33H33ClN4O5S. The second kappa shape index (κ2) is 12.9. The van der Waals surface area contributed by atoms with E-state index in [0.717, 1.165) is 27.9 Å². The van der Waals surface area contributed by atoms with Crippen LogP contribution in [0.3, 0.4) is 0 Å². The Labute approximate surface area is 265 Å². The van der Waals surface area contributed by atoms with Gasteiger partial charge in [0, 0.05) is 34.8 Å². The number of hydrogen-bond acceptors (Lipinski definition) is 7. The van der Waals surface area contributed by atoms with E-state index in [1.165, 1.54) is 11.8 Å². The van der Waals surface area contributed by atoms with Crippen molar-refractivity contribution >= 4 is 41.0 Å². The number of morpholine rings is 1. The van der Waals surface area contributed by atoms with Gasteiger partial charge in [0.25, 0.3) is 0 Å². The van der Waals surface area contributed by atoms with E-state index in [1.54, 1.807) is 28.7 Å². The van der Waals surface area contributed by atoms with Crippen LogP contribution in [0.15, 0.2) is 66.7 Å². The largest absolute Gasteiger partial charge is 0.497 e. The average molecular weight is 633 g/mol. The Morgan fingerprint density at radius 1 is 1.02 bits per heavy atom. The van der Waals surface area contributed by atoms with E-state index in [4.69, 9.17) is 30.9 Å². The van der Waals surface area contributed by atoms with Crippen LogP contribution in [-0.2, 0) is 14.3 Å². The zero-order valence-corrected chi connectivity index (χ0v) is 26.4. The second-order valence-electron chi connectivity index (χ2n) is 10.6. The first-order valence-corrected chi connectivity index (χ1v) is 15.8. The summed E-state index contributed by atoms with van der Waals surface area (Å²) in [5.41, 5.74) is 5.01. The number of anilines is 1. The van der Waals surface area contributed by atoms with Gasteiger partial charge in [-0.15, -0.1) is 11.8 Å².